The number of thioether (sulfide) groups is 1. The molecule has 0 saturated carbocycles. The zero-order chi connectivity index (χ0) is 12.5. The van der Waals surface area contributed by atoms with Gasteiger partial charge in [0, 0.05) is 0 Å². The second-order valence-electron chi connectivity index (χ2n) is 4.23. The number of aliphatic hydroxyl groups excluding tert-OH is 1. The van der Waals surface area contributed by atoms with Crippen molar-refractivity contribution < 1.29 is 9.84 Å². The molecule has 2 atom stereocenters. The maximum Gasteiger partial charge on any atom is 0.164 e. The van der Waals surface area contributed by atoms with Gasteiger partial charge in [0.05, 0.1) is 31.7 Å². The lowest BCUT2D eigenvalue weighted by Gasteiger charge is -2.10. The van der Waals surface area contributed by atoms with Gasteiger partial charge in [-0.15, -0.1) is 11.8 Å². The Hall–Kier alpha value is -1.18. The Kier molecular flexibility index (Phi) is 3.19. The van der Waals surface area contributed by atoms with Gasteiger partial charge in [0.2, 0.25) is 0 Å². The molecule has 1 fully saturated rings. The smallest absolute Gasteiger partial charge is 0.164 e. The summed E-state index contributed by atoms with van der Waals surface area (Å²) in [6.45, 7) is 0.656. The molecular weight excluding hydrogens is 252 g/mol. The van der Waals surface area contributed by atoms with Crippen LogP contribution in [0.4, 0.5) is 0 Å². The second kappa shape index (κ2) is 4.83. The minimum absolute atomic E-state index is 0.0637. The molecule has 18 heavy (non-hydrogen) atoms. The van der Waals surface area contributed by atoms with Crippen molar-refractivity contribution in [1.29, 1.82) is 0 Å². The summed E-state index contributed by atoms with van der Waals surface area (Å²) in [6.07, 6.45) is 6.04. The van der Waals surface area contributed by atoms with Crippen molar-refractivity contribution in [2.75, 3.05) is 19.5 Å². The van der Waals surface area contributed by atoms with Crippen LogP contribution in [0.1, 0.15) is 12.5 Å². The molecule has 1 saturated heterocycles. The molecule has 96 valence electrons. The maximum absolute atomic E-state index is 9.10. The number of nitrogens with zero attached hydrogens (tertiary/aromatic N) is 4. The highest BCUT2D eigenvalue weighted by molar-refractivity contribution is 7.98. The molecule has 2 aromatic heterocycles. The number of aliphatic hydroxyl groups is 1. The van der Waals surface area contributed by atoms with E-state index in [1.165, 1.54) is 0 Å². The van der Waals surface area contributed by atoms with Crippen molar-refractivity contribution >= 4 is 22.9 Å². The third-order valence-electron chi connectivity index (χ3n) is 3.17. The number of rotatable bonds is 3. The molecule has 7 heteroatoms. The first kappa shape index (κ1) is 11.9. The highest BCUT2D eigenvalue weighted by Gasteiger charge is 2.27. The van der Waals surface area contributed by atoms with Crippen LogP contribution in [0.25, 0.3) is 11.2 Å². The molecule has 0 amide bonds. The van der Waals surface area contributed by atoms with E-state index in [0.717, 1.165) is 22.6 Å². The lowest BCUT2D eigenvalue weighted by molar-refractivity contribution is 0.0576. The normalized spacial score (nSPS) is 23.9. The van der Waals surface area contributed by atoms with Gasteiger partial charge in [-0.3, -0.25) is 0 Å². The number of aromatic nitrogens is 4. The van der Waals surface area contributed by atoms with Crippen LogP contribution in [0.5, 0.6) is 0 Å². The molecular formula is C11H14N4O2S. The van der Waals surface area contributed by atoms with Crippen LogP contribution < -0.4 is 0 Å². The number of hydrogen-bond acceptors (Lipinski definition) is 6. The Morgan fingerprint density at radius 3 is 3.11 bits per heavy atom. The monoisotopic (exact) mass is 266 g/mol. The van der Waals surface area contributed by atoms with Gasteiger partial charge in [0.15, 0.2) is 5.65 Å². The molecule has 0 bridgehead atoms. The minimum atomic E-state index is -0.0747. The van der Waals surface area contributed by atoms with Crippen molar-refractivity contribution in [3.8, 4) is 0 Å². The molecule has 3 rings (SSSR count). The van der Waals surface area contributed by atoms with E-state index < -0.39 is 0 Å². The highest BCUT2D eigenvalue weighted by Crippen LogP contribution is 2.28. The zero-order valence-electron chi connectivity index (χ0n) is 9.98. The van der Waals surface area contributed by atoms with Crippen LogP contribution in [-0.2, 0) is 4.74 Å². The molecule has 3 heterocycles. The summed E-state index contributed by atoms with van der Waals surface area (Å²) in [5.74, 6) is 0. The summed E-state index contributed by atoms with van der Waals surface area (Å²) in [5, 5.41) is 9.98. The summed E-state index contributed by atoms with van der Waals surface area (Å²) in [5.41, 5.74) is 1.67. The average Bonchev–Trinajstić information content (AvgIpc) is 3.03. The quantitative estimate of drug-likeness (QED) is 0.656. The molecule has 2 aromatic rings. The number of fused-ring (bicyclic) bond motifs is 1. The van der Waals surface area contributed by atoms with E-state index in [1.54, 1.807) is 24.4 Å². The van der Waals surface area contributed by atoms with Gasteiger partial charge in [-0.25, -0.2) is 15.0 Å². The largest absolute Gasteiger partial charge is 0.394 e. The van der Waals surface area contributed by atoms with Crippen molar-refractivity contribution in [3.63, 3.8) is 0 Å². The van der Waals surface area contributed by atoms with Gasteiger partial charge >= 0.3 is 0 Å². The Labute approximate surface area is 108 Å². The molecule has 0 aliphatic carbocycles. The SMILES string of the molecule is CSc1ncnc2c1ncn2[C@H]1CO[C@@H](CO)C1. The van der Waals surface area contributed by atoms with E-state index in [4.69, 9.17) is 9.84 Å². The molecule has 1 aliphatic rings. The molecule has 6 nitrogen and oxygen atoms in total. The molecule has 0 radical (unpaired) electrons. The third-order valence-corrected chi connectivity index (χ3v) is 3.86. The Morgan fingerprint density at radius 2 is 2.39 bits per heavy atom. The minimum Gasteiger partial charge on any atom is -0.394 e. The van der Waals surface area contributed by atoms with E-state index in [-0.39, 0.29) is 18.8 Å². The van der Waals surface area contributed by atoms with Crippen molar-refractivity contribution in [2.24, 2.45) is 0 Å². The van der Waals surface area contributed by atoms with Gasteiger partial charge in [0.1, 0.15) is 16.9 Å². The standard InChI is InChI=1S/C11H14N4O2S/c1-18-11-9-10(12-5-13-11)15(6-14-9)7-2-8(3-16)17-4-7/h5-8,16H,2-4H2,1H3/t7-,8-/m1/s1. The molecule has 0 spiro atoms. The average molecular weight is 266 g/mol. The van der Waals surface area contributed by atoms with Crippen LogP contribution in [0.2, 0.25) is 0 Å². The maximum atomic E-state index is 9.10. The lowest BCUT2D eigenvalue weighted by atomic mass is 10.2. The zero-order valence-corrected chi connectivity index (χ0v) is 10.8. The molecule has 0 unspecified atom stereocenters. The Morgan fingerprint density at radius 1 is 1.50 bits per heavy atom. The molecule has 1 N–H and O–H groups in total. The first-order valence-electron chi connectivity index (χ1n) is 5.77. The van der Waals surface area contributed by atoms with Crippen LogP contribution in [-0.4, -0.2) is 50.2 Å². The summed E-state index contributed by atoms with van der Waals surface area (Å²) in [7, 11) is 0. The summed E-state index contributed by atoms with van der Waals surface area (Å²) < 4.78 is 7.52. The van der Waals surface area contributed by atoms with Crippen LogP contribution in [0.3, 0.4) is 0 Å². The fraction of sp³-hybridized carbons (Fsp3) is 0.545. The van der Waals surface area contributed by atoms with E-state index in [9.17, 15) is 0 Å². The van der Waals surface area contributed by atoms with Gasteiger partial charge in [-0.05, 0) is 12.7 Å². The number of ether oxygens (including phenoxy) is 1. The van der Waals surface area contributed by atoms with Crippen LogP contribution in [0.15, 0.2) is 17.7 Å². The summed E-state index contributed by atoms with van der Waals surface area (Å²) in [6, 6.07) is 0.191. The molecule has 0 aromatic carbocycles. The Bertz CT molecular complexity index is 559. The van der Waals surface area contributed by atoms with E-state index in [1.807, 2.05) is 10.8 Å². The first-order valence-corrected chi connectivity index (χ1v) is 7.00. The van der Waals surface area contributed by atoms with Crippen molar-refractivity contribution in [1.82, 2.24) is 19.5 Å². The van der Waals surface area contributed by atoms with E-state index in [2.05, 4.69) is 15.0 Å². The number of imidazole rings is 1. The highest BCUT2D eigenvalue weighted by atomic mass is 32.2. The fourth-order valence-electron chi connectivity index (χ4n) is 2.25. The van der Waals surface area contributed by atoms with E-state index in [0.29, 0.717) is 6.61 Å². The predicted octanol–water partition coefficient (Wildman–Crippen LogP) is 0.870. The summed E-state index contributed by atoms with van der Waals surface area (Å²) >= 11 is 1.56. The van der Waals surface area contributed by atoms with E-state index >= 15 is 0 Å². The van der Waals surface area contributed by atoms with Gasteiger partial charge in [-0.1, -0.05) is 0 Å². The third kappa shape index (κ3) is 1.88. The lowest BCUT2D eigenvalue weighted by Crippen LogP contribution is -2.11. The molecule has 1 aliphatic heterocycles. The second-order valence-corrected chi connectivity index (χ2v) is 5.03. The van der Waals surface area contributed by atoms with Gasteiger partial charge in [-0.2, -0.15) is 0 Å². The fourth-order valence-corrected chi connectivity index (χ4v) is 2.74. The van der Waals surface area contributed by atoms with Gasteiger partial charge < -0.3 is 14.4 Å². The van der Waals surface area contributed by atoms with Crippen molar-refractivity contribution in [3.05, 3.63) is 12.7 Å². The van der Waals surface area contributed by atoms with Gasteiger partial charge in [0.25, 0.3) is 0 Å². The van der Waals surface area contributed by atoms with Crippen LogP contribution >= 0.6 is 11.8 Å². The summed E-state index contributed by atoms with van der Waals surface area (Å²) in [4.78, 5) is 12.9. The predicted molar refractivity (Wildman–Crippen MR) is 67.6 cm³/mol. The van der Waals surface area contributed by atoms with Crippen LogP contribution in [0, 0.1) is 0 Å². The van der Waals surface area contributed by atoms with Crippen molar-refractivity contribution in [2.45, 2.75) is 23.6 Å². The topological polar surface area (TPSA) is 73.1 Å². The number of hydrogen-bond donors (Lipinski definition) is 1. The Balaban J connectivity index is 1.98. The first-order chi connectivity index (χ1) is 8.83.